The lowest BCUT2D eigenvalue weighted by molar-refractivity contribution is 0.0526. The Bertz CT molecular complexity index is 494. The Morgan fingerprint density at radius 3 is 2.75 bits per heavy atom. The van der Waals surface area contributed by atoms with E-state index in [2.05, 4.69) is 17.6 Å². The maximum absolute atomic E-state index is 11.7. The van der Waals surface area contributed by atoms with Crippen LogP contribution in [0.4, 0.5) is 5.69 Å². The van der Waals surface area contributed by atoms with Crippen molar-refractivity contribution in [2.24, 2.45) is 0 Å². The summed E-state index contributed by atoms with van der Waals surface area (Å²) in [6, 6.07) is 5.31. The van der Waals surface area contributed by atoms with Crippen LogP contribution in [0.1, 0.15) is 37.6 Å². The maximum atomic E-state index is 11.7. The zero-order chi connectivity index (χ0) is 15.1. The summed E-state index contributed by atoms with van der Waals surface area (Å²) in [6.45, 7) is 6.17. The second kappa shape index (κ2) is 8.07. The molecule has 0 aliphatic rings. The van der Waals surface area contributed by atoms with Crippen molar-refractivity contribution in [3.63, 3.8) is 0 Å². The number of hydrogen-bond donors (Lipinski definition) is 2. The van der Waals surface area contributed by atoms with Gasteiger partial charge in [-0.2, -0.15) is 0 Å². The number of carbonyl (C=O) groups is 1. The molecule has 20 heavy (non-hydrogen) atoms. The first-order valence-corrected chi connectivity index (χ1v) is 7.30. The topological polar surface area (TPSA) is 50.4 Å². The van der Waals surface area contributed by atoms with Crippen molar-refractivity contribution in [2.45, 2.75) is 33.2 Å². The van der Waals surface area contributed by atoms with Crippen molar-refractivity contribution in [3.05, 3.63) is 28.8 Å². The van der Waals surface area contributed by atoms with E-state index >= 15 is 0 Å². The summed E-state index contributed by atoms with van der Waals surface area (Å²) in [5, 5.41) is 7.03. The highest BCUT2D eigenvalue weighted by atomic mass is 35.5. The van der Waals surface area contributed by atoms with Gasteiger partial charge >= 0.3 is 5.97 Å². The lowest BCUT2D eigenvalue weighted by atomic mass is 10.2. The summed E-state index contributed by atoms with van der Waals surface area (Å²) in [6.07, 6.45) is 0.969. The van der Waals surface area contributed by atoms with Crippen molar-refractivity contribution in [3.8, 4) is 0 Å². The Labute approximate surface area is 129 Å². The van der Waals surface area contributed by atoms with Crippen LogP contribution < -0.4 is 10.6 Å². The highest BCUT2D eigenvalue weighted by Gasteiger charge is 2.12. The predicted octanol–water partition coefficient (Wildman–Crippen LogP) is 3.60. The number of nitrogens with one attached hydrogen (secondary N) is 2. The zero-order valence-electron chi connectivity index (χ0n) is 11.8. The number of thiocarbonyl (C=S) groups is 1. The van der Waals surface area contributed by atoms with Crippen LogP contribution in [0.3, 0.4) is 0 Å². The quantitative estimate of drug-likeness (QED) is 0.642. The molecular weight excluding hydrogens is 296 g/mol. The van der Waals surface area contributed by atoms with Gasteiger partial charge in [0.15, 0.2) is 5.11 Å². The molecule has 0 saturated carbocycles. The normalized spacial score (nSPS) is 11.6. The first-order chi connectivity index (χ1) is 9.47. The fourth-order valence-electron chi connectivity index (χ4n) is 1.46. The Morgan fingerprint density at radius 1 is 1.45 bits per heavy atom. The van der Waals surface area contributed by atoms with Crippen molar-refractivity contribution >= 4 is 40.6 Å². The average Bonchev–Trinajstić information content (AvgIpc) is 2.40. The zero-order valence-corrected chi connectivity index (χ0v) is 13.4. The number of halogens is 1. The van der Waals surface area contributed by atoms with Gasteiger partial charge in [-0.1, -0.05) is 18.5 Å². The summed E-state index contributed by atoms with van der Waals surface area (Å²) in [5.41, 5.74) is 1.02. The van der Waals surface area contributed by atoms with Gasteiger partial charge in [0.25, 0.3) is 0 Å². The number of hydrogen-bond acceptors (Lipinski definition) is 3. The molecule has 0 radical (unpaired) electrons. The number of benzene rings is 1. The summed E-state index contributed by atoms with van der Waals surface area (Å²) in [5.74, 6) is -0.443. The maximum Gasteiger partial charge on any atom is 0.339 e. The molecule has 0 fully saturated rings. The molecule has 0 spiro atoms. The first kappa shape index (κ1) is 16.7. The minimum Gasteiger partial charge on any atom is -0.462 e. The fraction of sp³-hybridized carbons (Fsp3) is 0.429. The van der Waals surface area contributed by atoms with Crippen molar-refractivity contribution in [2.75, 3.05) is 11.9 Å². The van der Waals surface area contributed by atoms with E-state index in [1.165, 1.54) is 0 Å². The minimum atomic E-state index is -0.443. The van der Waals surface area contributed by atoms with E-state index < -0.39 is 5.97 Å². The van der Waals surface area contributed by atoms with Gasteiger partial charge in [0.2, 0.25) is 0 Å². The molecule has 4 nitrogen and oxygen atoms in total. The van der Waals surface area contributed by atoms with Crippen LogP contribution in [0.5, 0.6) is 0 Å². The smallest absolute Gasteiger partial charge is 0.339 e. The van der Waals surface area contributed by atoms with Gasteiger partial charge in [0.1, 0.15) is 0 Å². The molecule has 0 heterocycles. The number of anilines is 1. The molecule has 0 saturated heterocycles. The van der Waals surface area contributed by atoms with E-state index in [1.54, 1.807) is 25.1 Å². The lowest BCUT2D eigenvalue weighted by Gasteiger charge is -2.16. The standard InChI is InChI=1S/C14H19ClN2O2S/c1-4-9(3)16-14(20)17-10-6-7-12(15)11(8-10)13(18)19-5-2/h6-9H,4-5H2,1-3H3,(H2,16,17,20). The van der Waals surface area contributed by atoms with Crippen LogP contribution in [0.25, 0.3) is 0 Å². The van der Waals surface area contributed by atoms with Crippen molar-refractivity contribution in [1.82, 2.24) is 5.32 Å². The van der Waals surface area contributed by atoms with Crippen molar-refractivity contribution < 1.29 is 9.53 Å². The lowest BCUT2D eigenvalue weighted by Crippen LogP contribution is -2.35. The molecular formula is C14H19ClN2O2S. The molecule has 0 aliphatic heterocycles. The average molecular weight is 315 g/mol. The molecule has 0 aromatic heterocycles. The van der Waals surface area contributed by atoms with Crippen LogP contribution in [0.15, 0.2) is 18.2 Å². The number of carbonyl (C=O) groups excluding carboxylic acids is 1. The third kappa shape index (κ3) is 4.98. The van der Waals surface area contributed by atoms with E-state index in [-0.39, 0.29) is 6.04 Å². The monoisotopic (exact) mass is 314 g/mol. The Kier molecular flexibility index (Phi) is 6.75. The Balaban J connectivity index is 2.79. The SMILES string of the molecule is CCOC(=O)c1cc(NC(=S)NC(C)CC)ccc1Cl. The molecule has 0 amide bonds. The van der Waals surface area contributed by atoms with Gasteiger partial charge in [0.05, 0.1) is 17.2 Å². The molecule has 6 heteroatoms. The highest BCUT2D eigenvalue weighted by Crippen LogP contribution is 2.21. The summed E-state index contributed by atoms with van der Waals surface area (Å²) < 4.78 is 4.95. The second-order valence-corrected chi connectivity index (χ2v) is 5.14. The molecule has 1 rings (SSSR count). The van der Waals surface area contributed by atoms with Crippen LogP contribution in [0.2, 0.25) is 5.02 Å². The Morgan fingerprint density at radius 2 is 2.15 bits per heavy atom. The Hall–Kier alpha value is -1.33. The van der Waals surface area contributed by atoms with Gasteiger partial charge in [0, 0.05) is 11.7 Å². The molecule has 1 aromatic rings. The summed E-state index contributed by atoms with van der Waals surface area (Å²) >= 11 is 11.2. The van der Waals surface area contributed by atoms with E-state index in [0.717, 1.165) is 6.42 Å². The van der Waals surface area contributed by atoms with Gasteiger partial charge in [-0.25, -0.2) is 4.79 Å². The van der Waals surface area contributed by atoms with Crippen LogP contribution in [0, 0.1) is 0 Å². The van der Waals surface area contributed by atoms with E-state index in [9.17, 15) is 4.79 Å². The van der Waals surface area contributed by atoms with Crippen LogP contribution in [-0.2, 0) is 4.74 Å². The van der Waals surface area contributed by atoms with Crippen molar-refractivity contribution in [1.29, 1.82) is 0 Å². The van der Waals surface area contributed by atoms with Gasteiger partial charge < -0.3 is 15.4 Å². The first-order valence-electron chi connectivity index (χ1n) is 6.52. The summed E-state index contributed by atoms with van der Waals surface area (Å²) in [4.78, 5) is 11.7. The van der Waals surface area contributed by atoms with E-state index in [1.807, 2.05) is 6.92 Å². The molecule has 1 aromatic carbocycles. The molecule has 0 aliphatic carbocycles. The molecule has 1 atom stereocenters. The number of esters is 1. The molecule has 110 valence electrons. The van der Waals surface area contributed by atoms with Gasteiger partial charge in [-0.15, -0.1) is 0 Å². The number of rotatable bonds is 5. The predicted molar refractivity (Wildman–Crippen MR) is 86.5 cm³/mol. The molecule has 0 bridgehead atoms. The second-order valence-electron chi connectivity index (χ2n) is 4.32. The van der Waals surface area contributed by atoms with Gasteiger partial charge in [-0.05, 0) is 50.7 Å². The molecule has 1 unspecified atom stereocenters. The fourth-order valence-corrected chi connectivity index (χ4v) is 1.98. The third-order valence-corrected chi connectivity index (χ3v) is 3.26. The van der Waals surface area contributed by atoms with Gasteiger partial charge in [-0.3, -0.25) is 0 Å². The third-order valence-electron chi connectivity index (χ3n) is 2.71. The van der Waals surface area contributed by atoms with Crippen LogP contribution in [-0.4, -0.2) is 23.7 Å². The largest absolute Gasteiger partial charge is 0.462 e. The van der Waals surface area contributed by atoms with E-state index in [0.29, 0.717) is 28.0 Å². The summed E-state index contributed by atoms with van der Waals surface area (Å²) in [7, 11) is 0. The van der Waals surface area contributed by atoms with Crippen LogP contribution >= 0.6 is 23.8 Å². The number of ether oxygens (including phenoxy) is 1. The van der Waals surface area contributed by atoms with E-state index in [4.69, 9.17) is 28.6 Å². The molecule has 2 N–H and O–H groups in total. The highest BCUT2D eigenvalue weighted by molar-refractivity contribution is 7.80. The minimum absolute atomic E-state index is 0.284.